The fourth-order valence-electron chi connectivity index (χ4n) is 1.91. The maximum Gasteiger partial charge on any atom is 0.244 e. The van der Waals surface area contributed by atoms with Crippen LogP contribution in [0.4, 0.5) is 0 Å². The van der Waals surface area contributed by atoms with Crippen LogP contribution in [0.3, 0.4) is 0 Å². The van der Waals surface area contributed by atoms with E-state index in [1.807, 2.05) is 0 Å². The largest absolute Gasteiger partial charge is 0.263 e. The lowest BCUT2D eigenvalue weighted by atomic mass is 10.3. The van der Waals surface area contributed by atoms with Gasteiger partial charge in [0.2, 0.25) is 10.0 Å². The molecule has 6 heteroatoms. The van der Waals surface area contributed by atoms with Crippen LogP contribution in [0.2, 0.25) is 0 Å². The van der Waals surface area contributed by atoms with E-state index in [4.69, 9.17) is 0 Å². The molecular weight excluding hydrogens is 292 g/mol. The number of halogens is 1. The minimum Gasteiger partial charge on any atom is -0.263 e. The van der Waals surface area contributed by atoms with Crippen LogP contribution in [-0.2, 0) is 10.0 Å². The van der Waals surface area contributed by atoms with Crippen molar-refractivity contribution in [2.45, 2.75) is 23.8 Å². The third-order valence-corrected chi connectivity index (χ3v) is 5.43. The maximum absolute atomic E-state index is 12.3. The molecule has 0 aliphatic carbocycles. The van der Waals surface area contributed by atoms with Crippen molar-refractivity contribution in [1.82, 2.24) is 9.29 Å². The Morgan fingerprint density at radius 1 is 1.56 bits per heavy atom. The molecule has 4 nitrogen and oxygen atoms in total. The van der Waals surface area contributed by atoms with Gasteiger partial charge in [-0.15, -0.1) is 0 Å². The van der Waals surface area contributed by atoms with Crippen LogP contribution >= 0.6 is 15.9 Å². The molecule has 0 radical (unpaired) electrons. The Labute approximate surface area is 104 Å². The van der Waals surface area contributed by atoms with Crippen LogP contribution in [-0.4, -0.2) is 35.6 Å². The van der Waals surface area contributed by atoms with Gasteiger partial charge in [0.05, 0.1) is 0 Å². The Kier molecular flexibility index (Phi) is 3.61. The molecule has 1 aliphatic rings. The number of rotatable bonds is 3. The molecule has 0 bridgehead atoms. The average molecular weight is 305 g/mol. The van der Waals surface area contributed by atoms with Crippen molar-refractivity contribution in [3.8, 4) is 0 Å². The van der Waals surface area contributed by atoms with Crippen molar-refractivity contribution in [3.63, 3.8) is 0 Å². The molecule has 1 fully saturated rings. The van der Waals surface area contributed by atoms with Crippen molar-refractivity contribution in [1.29, 1.82) is 0 Å². The van der Waals surface area contributed by atoms with E-state index in [1.54, 1.807) is 22.6 Å². The molecular formula is C10H13BrN2O2S. The minimum absolute atomic E-state index is 0.0743. The Balaban J connectivity index is 2.33. The topological polar surface area (TPSA) is 50.3 Å². The van der Waals surface area contributed by atoms with Crippen molar-refractivity contribution < 1.29 is 8.42 Å². The highest BCUT2D eigenvalue weighted by Crippen LogP contribution is 2.26. The zero-order valence-electron chi connectivity index (χ0n) is 8.71. The van der Waals surface area contributed by atoms with E-state index in [0.29, 0.717) is 11.9 Å². The second-order valence-corrected chi connectivity index (χ2v) is 6.29. The second-order valence-electron chi connectivity index (χ2n) is 3.75. The predicted molar refractivity (Wildman–Crippen MR) is 64.9 cm³/mol. The van der Waals surface area contributed by atoms with Crippen LogP contribution in [0.15, 0.2) is 29.4 Å². The normalized spacial score (nSPS) is 22.4. The lowest BCUT2D eigenvalue weighted by Crippen LogP contribution is -2.36. The summed E-state index contributed by atoms with van der Waals surface area (Å²) in [5.74, 6) is 0. The van der Waals surface area contributed by atoms with Gasteiger partial charge in [-0.25, -0.2) is 8.42 Å². The zero-order valence-corrected chi connectivity index (χ0v) is 11.1. The highest BCUT2D eigenvalue weighted by molar-refractivity contribution is 9.09. The monoisotopic (exact) mass is 304 g/mol. The fraction of sp³-hybridized carbons (Fsp3) is 0.500. The van der Waals surface area contributed by atoms with Gasteiger partial charge in [-0.2, -0.15) is 4.31 Å². The highest BCUT2D eigenvalue weighted by Gasteiger charge is 2.34. The van der Waals surface area contributed by atoms with Crippen LogP contribution in [0.5, 0.6) is 0 Å². The number of sulfonamides is 1. The minimum atomic E-state index is -3.36. The number of aromatic nitrogens is 1. The molecule has 2 rings (SSSR count). The summed E-state index contributed by atoms with van der Waals surface area (Å²) in [4.78, 5) is 4.14. The second kappa shape index (κ2) is 4.81. The molecule has 1 unspecified atom stereocenters. The van der Waals surface area contributed by atoms with Crippen LogP contribution in [0, 0.1) is 0 Å². The molecule has 0 aromatic carbocycles. The number of nitrogens with zero attached hydrogens (tertiary/aromatic N) is 2. The molecule has 16 heavy (non-hydrogen) atoms. The third-order valence-electron chi connectivity index (χ3n) is 2.74. The third kappa shape index (κ3) is 2.14. The molecule has 0 N–H and O–H groups in total. The molecule has 2 heterocycles. The van der Waals surface area contributed by atoms with E-state index in [2.05, 4.69) is 20.9 Å². The number of hydrogen-bond acceptors (Lipinski definition) is 3. The van der Waals surface area contributed by atoms with E-state index < -0.39 is 10.0 Å². The lowest BCUT2D eigenvalue weighted by Gasteiger charge is -2.22. The molecule has 1 atom stereocenters. The Morgan fingerprint density at radius 2 is 2.38 bits per heavy atom. The van der Waals surface area contributed by atoms with Gasteiger partial charge in [0.1, 0.15) is 4.90 Å². The van der Waals surface area contributed by atoms with Gasteiger partial charge < -0.3 is 0 Å². The van der Waals surface area contributed by atoms with Crippen LogP contribution in [0.25, 0.3) is 0 Å². The highest BCUT2D eigenvalue weighted by atomic mass is 79.9. The first-order chi connectivity index (χ1) is 7.66. The summed E-state index contributed by atoms with van der Waals surface area (Å²) >= 11 is 3.36. The molecule has 1 saturated heterocycles. The SMILES string of the molecule is O=S(=O)(c1cccnc1)N1CCCC1CBr. The van der Waals surface area contributed by atoms with Gasteiger partial charge in [0, 0.05) is 30.3 Å². The van der Waals surface area contributed by atoms with E-state index in [9.17, 15) is 8.42 Å². The summed E-state index contributed by atoms with van der Waals surface area (Å²) in [6, 6.07) is 3.31. The van der Waals surface area contributed by atoms with Gasteiger partial charge in [0.15, 0.2) is 0 Å². The van der Waals surface area contributed by atoms with E-state index in [1.165, 1.54) is 6.20 Å². The first-order valence-electron chi connectivity index (χ1n) is 5.14. The van der Waals surface area contributed by atoms with Gasteiger partial charge in [0.25, 0.3) is 0 Å². The van der Waals surface area contributed by atoms with Gasteiger partial charge in [-0.3, -0.25) is 4.98 Å². The number of hydrogen-bond donors (Lipinski definition) is 0. The van der Waals surface area contributed by atoms with E-state index in [-0.39, 0.29) is 10.9 Å². The molecule has 1 aromatic rings. The number of pyridine rings is 1. The smallest absolute Gasteiger partial charge is 0.244 e. The molecule has 1 aromatic heterocycles. The van der Waals surface area contributed by atoms with Crippen molar-refractivity contribution in [3.05, 3.63) is 24.5 Å². The van der Waals surface area contributed by atoms with Gasteiger partial charge in [-0.1, -0.05) is 15.9 Å². The summed E-state index contributed by atoms with van der Waals surface area (Å²) in [5.41, 5.74) is 0. The summed E-state index contributed by atoms with van der Waals surface area (Å²) < 4.78 is 26.1. The average Bonchev–Trinajstić information content (AvgIpc) is 2.79. The Hall–Kier alpha value is -0.460. The zero-order chi connectivity index (χ0) is 11.6. The predicted octanol–water partition coefficient (Wildman–Crippen LogP) is 1.63. The molecule has 1 aliphatic heterocycles. The molecule has 0 saturated carbocycles. The summed E-state index contributed by atoms with van der Waals surface area (Å²) in [6.07, 6.45) is 4.82. The standard InChI is InChI=1S/C10H13BrN2O2S/c11-7-9-3-2-6-13(9)16(14,15)10-4-1-5-12-8-10/h1,4-5,8-9H,2-3,6-7H2. The number of alkyl halides is 1. The summed E-state index contributed by atoms with van der Waals surface area (Å²) in [6.45, 7) is 0.605. The molecule has 88 valence electrons. The Morgan fingerprint density at radius 3 is 3.00 bits per heavy atom. The molecule has 0 amide bonds. The quantitative estimate of drug-likeness (QED) is 0.798. The lowest BCUT2D eigenvalue weighted by molar-refractivity contribution is 0.413. The maximum atomic E-state index is 12.3. The summed E-state index contributed by atoms with van der Waals surface area (Å²) in [5, 5.41) is 0.687. The fourth-order valence-corrected chi connectivity index (χ4v) is 4.44. The first-order valence-corrected chi connectivity index (χ1v) is 7.70. The first kappa shape index (κ1) is 12.0. The van der Waals surface area contributed by atoms with Gasteiger partial charge in [-0.05, 0) is 25.0 Å². The van der Waals surface area contributed by atoms with E-state index in [0.717, 1.165) is 12.8 Å². The van der Waals surface area contributed by atoms with Crippen LogP contribution in [0.1, 0.15) is 12.8 Å². The van der Waals surface area contributed by atoms with E-state index >= 15 is 0 Å². The van der Waals surface area contributed by atoms with Crippen molar-refractivity contribution in [2.24, 2.45) is 0 Å². The van der Waals surface area contributed by atoms with Crippen LogP contribution < -0.4 is 0 Å². The van der Waals surface area contributed by atoms with Crippen molar-refractivity contribution >= 4 is 26.0 Å². The molecule has 0 spiro atoms. The summed E-state index contributed by atoms with van der Waals surface area (Å²) in [7, 11) is -3.36. The van der Waals surface area contributed by atoms with Crippen molar-refractivity contribution in [2.75, 3.05) is 11.9 Å². The van der Waals surface area contributed by atoms with Gasteiger partial charge >= 0.3 is 0 Å². The Bertz CT molecular complexity index is 449.